The Labute approximate surface area is 185 Å². The molecule has 2 unspecified atom stereocenters. The number of carbonyl (C=O) groups is 2. The molecule has 0 spiro atoms. The van der Waals surface area contributed by atoms with Crippen LogP contribution < -0.4 is 0 Å². The third-order valence-electron chi connectivity index (χ3n) is 6.07. The highest BCUT2D eigenvalue weighted by Gasteiger charge is 2.36. The van der Waals surface area contributed by atoms with Crippen molar-refractivity contribution in [1.29, 1.82) is 0 Å². The van der Waals surface area contributed by atoms with Crippen LogP contribution in [0, 0.1) is 11.8 Å². The number of esters is 2. The Hall–Kier alpha value is -1.32. The van der Waals surface area contributed by atoms with Gasteiger partial charge in [0, 0.05) is 0 Å². The Balaban J connectivity index is 1.96. The smallest absolute Gasteiger partial charge is 0.310 e. The highest BCUT2D eigenvalue weighted by Crippen LogP contribution is 2.28. The van der Waals surface area contributed by atoms with Crippen LogP contribution in [0.3, 0.4) is 0 Å². The van der Waals surface area contributed by atoms with Crippen LogP contribution in [-0.4, -0.2) is 25.2 Å². The molecule has 30 heavy (non-hydrogen) atoms. The fraction of sp³-hybridized carbons (Fsp3) is 0.846. The molecule has 4 nitrogen and oxygen atoms in total. The van der Waals surface area contributed by atoms with E-state index in [0.29, 0.717) is 26.1 Å². The van der Waals surface area contributed by atoms with Crippen molar-refractivity contribution in [3.63, 3.8) is 0 Å². The predicted molar refractivity (Wildman–Crippen MR) is 123 cm³/mol. The summed E-state index contributed by atoms with van der Waals surface area (Å²) in [6.45, 7) is 4.87. The van der Waals surface area contributed by atoms with Gasteiger partial charge in [0.1, 0.15) is 0 Å². The number of allylic oxidation sites excluding steroid dienone is 2. The van der Waals surface area contributed by atoms with Crippen LogP contribution in [0.4, 0.5) is 0 Å². The summed E-state index contributed by atoms with van der Waals surface area (Å²) in [5, 5.41) is 0. The average molecular weight is 423 g/mol. The van der Waals surface area contributed by atoms with E-state index < -0.39 is 5.92 Å². The van der Waals surface area contributed by atoms with Crippen molar-refractivity contribution in [3.05, 3.63) is 12.2 Å². The van der Waals surface area contributed by atoms with Crippen molar-refractivity contribution in [2.75, 3.05) is 13.2 Å². The molecule has 0 bridgehead atoms. The van der Waals surface area contributed by atoms with Gasteiger partial charge in [0.15, 0.2) is 0 Å². The minimum absolute atomic E-state index is 0.243. The monoisotopic (exact) mass is 422 g/mol. The van der Waals surface area contributed by atoms with Gasteiger partial charge in [-0.2, -0.15) is 0 Å². The van der Waals surface area contributed by atoms with Crippen LogP contribution >= 0.6 is 0 Å². The Morgan fingerprint density at radius 1 is 0.633 bits per heavy atom. The summed E-state index contributed by atoms with van der Waals surface area (Å²) < 4.78 is 10.6. The van der Waals surface area contributed by atoms with Crippen LogP contribution in [0.15, 0.2) is 12.2 Å². The zero-order chi connectivity index (χ0) is 21.9. The van der Waals surface area contributed by atoms with Gasteiger partial charge in [0.25, 0.3) is 0 Å². The maximum atomic E-state index is 12.4. The molecule has 0 fully saturated rings. The van der Waals surface area contributed by atoms with Crippen LogP contribution in [-0.2, 0) is 19.1 Å². The Bertz CT molecular complexity index is 472. The SMILES string of the molecule is CCCCCCCCCCCCCCCCOC(=O)C1CC=CCC1C(=O)OCC. The zero-order valence-corrected chi connectivity index (χ0v) is 19.7. The van der Waals surface area contributed by atoms with E-state index in [-0.39, 0.29) is 17.9 Å². The van der Waals surface area contributed by atoms with Crippen molar-refractivity contribution in [2.24, 2.45) is 11.8 Å². The van der Waals surface area contributed by atoms with Crippen LogP contribution in [0.5, 0.6) is 0 Å². The normalized spacial score (nSPS) is 18.3. The molecule has 1 rings (SSSR count). The number of rotatable bonds is 18. The maximum absolute atomic E-state index is 12.4. The lowest BCUT2D eigenvalue weighted by Crippen LogP contribution is -2.33. The fourth-order valence-corrected chi connectivity index (χ4v) is 4.16. The van der Waals surface area contributed by atoms with E-state index >= 15 is 0 Å². The third-order valence-corrected chi connectivity index (χ3v) is 6.07. The molecular weight excluding hydrogens is 376 g/mol. The van der Waals surface area contributed by atoms with Crippen molar-refractivity contribution < 1.29 is 19.1 Å². The average Bonchev–Trinajstić information content (AvgIpc) is 2.76. The zero-order valence-electron chi connectivity index (χ0n) is 19.7. The van der Waals surface area contributed by atoms with Crippen molar-refractivity contribution in [3.8, 4) is 0 Å². The molecule has 1 aliphatic carbocycles. The number of ether oxygens (including phenoxy) is 2. The van der Waals surface area contributed by atoms with Gasteiger partial charge in [0.2, 0.25) is 0 Å². The Morgan fingerprint density at radius 3 is 1.47 bits per heavy atom. The largest absolute Gasteiger partial charge is 0.466 e. The standard InChI is InChI=1S/C26H46O4/c1-3-5-6-7-8-9-10-11-12-13-14-15-16-19-22-30-26(28)24-21-18-17-20-23(24)25(27)29-4-2/h17-18,23-24H,3-16,19-22H2,1-2H3. The molecule has 0 radical (unpaired) electrons. The second kappa shape index (κ2) is 18.4. The minimum atomic E-state index is -0.390. The van der Waals surface area contributed by atoms with Crippen molar-refractivity contribution in [2.45, 2.75) is 117 Å². The molecule has 0 aliphatic heterocycles. The Morgan fingerprint density at radius 2 is 1.03 bits per heavy atom. The van der Waals surface area contributed by atoms with E-state index in [1.165, 1.54) is 77.0 Å². The van der Waals surface area contributed by atoms with Gasteiger partial charge < -0.3 is 9.47 Å². The lowest BCUT2D eigenvalue weighted by molar-refractivity contribution is -0.160. The first kappa shape index (κ1) is 26.7. The van der Waals surface area contributed by atoms with Crippen molar-refractivity contribution >= 4 is 11.9 Å². The van der Waals surface area contributed by atoms with Crippen LogP contribution in [0.1, 0.15) is 117 Å². The summed E-state index contributed by atoms with van der Waals surface area (Å²) in [5.41, 5.74) is 0. The van der Waals surface area contributed by atoms with Gasteiger partial charge in [0.05, 0.1) is 25.0 Å². The van der Waals surface area contributed by atoms with E-state index in [9.17, 15) is 9.59 Å². The molecule has 1 aliphatic rings. The lowest BCUT2D eigenvalue weighted by Gasteiger charge is -2.25. The molecule has 0 saturated heterocycles. The molecule has 0 aromatic heterocycles. The second-order valence-electron chi connectivity index (χ2n) is 8.67. The fourth-order valence-electron chi connectivity index (χ4n) is 4.16. The molecule has 0 saturated carbocycles. The van der Waals surface area contributed by atoms with Gasteiger partial charge in [-0.05, 0) is 26.2 Å². The topological polar surface area (TPSA) is 52.6 Å². The molecule has 2 atom stereocenters. The summed E-state index contributed by atoms with van der Waals surface area (Å²) in [6.07, 6.45) is 23.4. The molecular formula is C26H46O4. The molecule has 0 heterocycles. The number of carbonyl (C=O) groups excluding carboxylic acids is 2. The molecule has 4 heteroatoms. The molecule has 0 aromatic carbocycles. The van der Waals surface area contributed by atoms with E-state index in [4.69, 9.17) is 9.47 Å². The highest BCUT2D eigenvalue weighted by atomic mass is 16.5. The van der Waals surface area contributed by atoms with Gasteiger partial charge in [-0.3, -0.25) is 9.59 Å². The van der Waals surface area contributed by atoms with Crippen LogP contribution in [0.25, 0.3) is 0 Å². The predicted octanol–water partition coefficient (Wildman–Crippen LogP) is 7.16. The highest BCUT2D eigenvalue weighted by molar-refractivity contribution is 5.82. The van der Waals surface area contributed by atoms with E-state index in [2.05, 4.69) is 6.92 Å². The first-order chi connectivity index (χ1) is 14.7. The summed E-state index contributed by atoms with van der Waals surface area (Å²) in [7, 11) is 0. The summed E-state index contributed by atoms with van der Waals surface area (Å²) in [6, 6.07) is 0. The van der Waals surface area contributed by atoms with E-state index in [1.54, 1.807) is 6.92 Å². The summed E-state index contributed by atoms with van der Waals surface area (Å²) in [4.78, 5) is 24.4. The Kier molecular flexibility index (Phi) is 16.4. The maximum Gasteiger partial charge on any atom is 0.310 e. The number of unbranched alkanes of at least 4 members (excludes halogenated alkanes) is 13. The minimum Gasteiger partial charge on any atom is -0.466 e. The molecule has 174 valence electrons. The van der Waals surface area contributed by atoms with Crippen molar-refractivity contribution in [1.82, 2.24) is 0 Å². The number of hydrogen-bond donors (Lipinski definition) is 0. The first-order valence-electron chi connectivity index (χ1n) is 12.7. The molecule has 0 amide bonds. The first-order valence-corrected chi connectivity index (χ1v) is 12.7. The second-order valence-corrected chi connectivity index (χ2v) is 8.67. The van der Waals surface area contributed by atoms with E-state index in [0.717, 1.165) is 12.8 Å². The van der Waals surface area contributed by atoms with E-state index in [1.807, 2.05) is 12.2 Å². The lowest BCUT2D eigenvalue weighted by atomic mass is 9.83. The quantitative estimate of drug-likeness (QED) is 0.134. The van der Waals surface area contributed by atoms with Gasteiger partial charge in [-0.15, -0.1) is 0 Å². The number of hydrogen-bond acceptors (Lipinski definition) is 4. The van der Waals surface area contributed by atoms with Crippen LogP contribution in [0.2, 0.25) is 0 Å². The molecule has 0 aromatic rings. The third kappa shape index (κ3) is 12.4. The van der Waals surface area contributed by atoms with Gasteiger partial charge in [-0.1, -0.05) is 103 Å². The van der Waals surface area contributed by atoms with Gasteiger partial charge >= 0.3 is 11.9 Å². The summed E-state index contributed by atoms with van der Waals surface area (Å²) >= 11 is 0. The van der Waals surface area contributed by atoms with Gasteiger partial charge in [-0.25, -0.2) is 0 Å². The summed E-state index contributed by atoms with van der Waals surface area (Å²) in [5.74, 6) is -1.30. The molecule has 0 N–H and O–H groups in total.